The van der Waals surface area contributed by atoms with Crippen LogP contribution in [-0.4, -0.2) is 36.1 Å². The Labute approximate surface area is 133 Å². The molecule has 2 unspecified atom stereocenters. The number of benzene rings is 1. The Morgan fingerprint density at radius 1 is 1.14 bits per heavy atom. The number of halogens is 1. The van der Waals surface area contributed by atoms with Crippen molar-refractivity contribution in [3.63, 3.8) is 0 Å². The summed E-state index contributed by atoms with van der Waals surface area (Å²) in [6.07, 6.45) is 8.02. The summed E-state index contributed by atoms with van der Waals surface area (Å²) in [5.74, 6) is 0. The molecule has 0 aliphatic carbocycles. The maximum Gasteiger partial charge on any atom is 0.0406 e. The zero-order chi connectivity index (χ0) is 14.7. The second kappa shape index (κ2) is 7.13. The molecule has 21 heavy (non-hydrogen) atoms. The van der Waals surface area contributed by atoms with Gasteiger partial charge in [0.2, 0.25) is 0 Å². The molecule has 3 heteroatoms. The number of rotatable bonds is 5. The number of hydrogen-bond acceptors (Lipinski definition) is 2. The van der Waals surface area contributed by atoms with Crippen molar-refractivity contribution in [2.45, 2.75) is 63.6 Å². The molecular formula is C18H27ClN2. The topological polar surface area (TPSA) is 15.3 Å². The minimum absolute atomic E-state index is 0.747. The van der Waals surface area contributed by atoms with Crippen LogP contribution >= 0.6 is 11.6 Å². The quantitative estimate of drug-likeness (QED) is 0.888. The Hall–Kier alpha value is -0.570. The fourth-order valence-corrected chi connectivity index (χ4v) is 4.33. The zero-order valence-electron chi connectivity index (χ0n) is 13.0. The van der Waals surface area contributed by atoms with E-state index in [2.05, 4.69) is 29.3 Å². The third kappa shape index (κ3) is 3.80. The highest BCUT2D eigenvalue weighted by Gasteiger charge is 2.37. The number of fused-ring (bicyclic) bond motifs is 2. The lowest BCUT2D eigenvalue weighted by atomic mass is 9.81. The van der Waals surface area contributed by atoms with Gasteiger partial charge in [-0.05, 0) is 56.3 Å². The van der Waals surface area contributed by atoms with Crippen molar-refractivity contribution in [1.82, 2.24) is 10.2 Å². The largest absolute Gasteiger partial charge is 0.314 e. The van der Waals surface area contributed by atoms with Crippen molar-refractivity contribution < 1.29 is 0 Å². The van der Waals surface area contributed by atoms with Gasteiger partial charge in [0.25, 0.3) is 0 Å². The minimum atomic E-state index is 0.747. The monoisotopic (exact) mass is 306 g/mol. The van der Waals surface area contributed by atoms with Gasteiger partial charge in [0, 0.05) is 29.7 Å². The Bertz CT molecular complexity index is 431. The van der Waals surface area contributed by atoms with Crippen molar-refractivity contribution in [1.29, 1.82) is 0 Å². The van der Waals surface area contributed by atoms with E-state index in [4.69, 9.17) is 11.6 Å². The lowest BCUT2D eigenvalue weighted by Crippen LogP contribution is -2.56. The van der Waals surface area contributed by atoms with Crippen molar-refractivity contribution >= 4 is 11.6 Å². The predicted octanol–water partition coefficient (Wildman–Crippen LogP) is 3.88. The number of piperidine rings is 2. The van der Waals surface area contributed by atoms with E-state index in [0.717, 1.165) is 36.1 Å². The molecule has 3 rings (SSSR count). The SMILES string of the molecule is CCNC1CC2CCCC(C1)N2CCc1ccc(Cl)cc1. The summed E-state index contributed by atoms with van der Waals surface area (Å²) in [7, 11) is 0. The normalized spacial score (nSPS) is 29.5. The summed E-state index contributed by atoms with van der Waals surface area (Å²) in [5.41, 5.74) is 1.41. The molecule has 2 fully saturated rings. The van der Waals surface area contributed by atoms with E-state index in [1.807, 2.05) is 12.1 Å². The maximum atomic E-state index is 5.97. The van der Waals surface area contributed by atoms with Crippen LogP contribution in [0.5, 0.6) is 0 Å². The van der Waals surface area contributed by atoms with Gasteiger partial charge in [-0.2, -0.15) is 0 Å². The molecule has 0 spiro atoms. The van der Waals surface area contributed by atoms with Gasteiger partial charge in [-0.1, -0.05) is 37.1 Å². The van der Waals surface area contributed by atoms with Crippen LogP contribution in [0.15, 0.2) is 24.3 Å². The van der Waals surface area contributed by atoms with E-state index in [1.165, 1.54) is 44.2 Å². The molecule has 0 amide bonds. The van der Waals surface area contributed by atoms with E-state index in [-0.39, 0.29) is 0 Å². The number of hydrogen-bond donors (Lipinski definition) is 1. The first-order valence-corrected chi connectivity index (χ1v) is 8.87. The maximum absolute atomic E-state index is 5.97. The fraction of sp³-hybridized carbons (Fsp3) is 0.667. The number of nitrogens with zero attached hydrogens (tertiary/aromatic N) is 1. The van der Waals surface area contributed by atoms with E-state index in [0.29, 0.717) is 0 Å². The van der Waals surface area contributed by atoms with E-state index in [9.17, 15) is 0 Å². The van der Waals surface area contributed by atoms with Gasteiger partial charge in [-0.25, -0.2) is 0 Å². The summed E-state index contributed by atoms with van der Waals surface area (Å²) >= 11 is 5.97. The Morgan fingerprint density at radius 2 is 1.81 bits per heavy atom. The Balaban J connectivity index is 1.59. The zero-order valence-corrected chi connectivity index (χ0v) is 13.8. The first kappa shape index (κ1) is 15.3. The van der Waals surface area contributed by atoms with Crippen molar-refractivity contribution in [3.8, 4) is 0 Å². The van der Waals surface area contributed by atoms with E-state index >= 15 is 0 Å². The summed E-state index contributed by atoms with van der Waals surface area (Å²) in [6.45, 7) is 4.54. The second-order valence-corrected chi connectivity index (χ2v) is 7.02. The molecule has 116 valence electrons. The van der Waals surface area contributed by atoms with Crippen LogP contribution in [0, 0.1) is 0 Å². The van der Waals surface area contributed by atoms with E-state index < -0.39 is 0 Å². The van der Waals surface area contributed by atoms with Crippen molar-refractivity contribution in [2.24, 2.45) is 0 Å². The van der Waals surface area contributed by atoms with Crippen LogP contribution in [-0.2, 0) is 6.42 Å². The van der Waals surface area contributed by atoms with Gasteiger partial charge in [0.1, 0.15) is 0 Å². The van der Waals surface area contributed by atoms with Gasteiger partial charge in [-0.3, -0.25) is 4.90 Å². The van der Waals surface area contributed by atoms with Crippen LogP contribution in [0.4, 0.5) is 0 Å². The number of nitrogens with one attached hydrogen (secondary N) is 1. The molecule has 2 aliphatic rings. The highest BCUT2D eigenvalue weighted by atomic mass is 35.5. The van der Waals surface area contributed by atoms with Crippen LogP contribution < -0.4 is 5.32 Å². The lowest BCUT2D eigenvalue weighted by molar-refractivity contribution is 0.0260. The predicted molar refractivity (Wildman–Crippen MR) is 90.0 cm³/mol. The first-order chi connectivity index (χ1) is 10.3. The molecule has 0 saturated carbocycles. The van der Waals surface area contributed by atoms with Gasteiger partial charge in [-0.15, -0.1) is 0 Å². The molecule has 1 aromatic carbocycles. The standard InChI is InChI=1S/C18H27ClN2/c1-2-20-16-12-17-4-3-5-18(13-16)21(17)11-10-14-6-8-15(19)9-7-14/h6-9,16-18,20H,2-5,10-13H2,1H3. The smallest absolute Gasteiger partial charge is 0.0406 e. The van der Waals surface area contributed by atoms with Gasteiger partial charge >= 0.3 is 0 Å². The highest BCUT2D eigenvalue weighted by Crippen LogP contribution is 2.34. The second-order valence-electron chi connectivity index (χ2n) is 6.58. The van der Waals surface area contributed by atoms with Gasteiger partial charge in [0.05, 0.1) is 0 Å². The summed E-state index contributed by atoms with van der Waals surface area (Å²) < 4.78 is 0. The Morgan fingerprint density at radius 3 is 2.43 bits per heavy atom. The lowest BCUT2D eigenvalue weighted by Gasteiger charge is -2.49. The molecule has 1 N–H and O–H groups in total. The van der Waals surface area contributed by atoms with Crippen LogP contribution in [0.25, 0.3) is 0 Å². The molecule has 2 heterocycles. The van der Waals surface area contributed by atoms with E-state index in [1.54, 1.807) is 0 Å². The molecule has 0 radical (unpaired) electrons. The molecule has 2 aliphatic heterocycles. The molecule has 2 saturated heterocycles. The Kier molecular flexibility index (Phi) is 5.20. The van der Waals surface area contributed by atoms with Gasteiger partial charge in [0.15, 0.2) is 0 Å². The van der Waals surface area contributed by atoms with Crippen LogP contribution in [0.2, 0.25) is 5.02 Å². The highest BCUT2D eigenvalue weighted by molar-refractivity contribution is 6.30. The fourth-order valence-electron chi connectivity index (χ4n) is 4.21. The third-order valence-electron chi connectivity index (χ3n) is 5.19. The van der Waals surface area contributed by atoms with Crippen LogP contribution in [0.1, 0.15) is 44.6 Å². The van der Waals surface area contributed by atoms with Crippen LogP contribution in [0.3, 0.4) is 0 Å². The first-order valence-electron chi connectivity index (χ1n) is 8.50. The molecule has 0 aromatic heterocycles. The summed E-state index contributed by atoms with van der Waals surface area (Å²) in [4.78, 5) is 2.80. The summed E-state index contributed by atoms with van der Waals surface area (Å²) in [5, 5.41) is 4.51. The molecule has 1 aromatic rings. The average molecular weight is 307 g/mol. The van der Waals surface area contributed by atoms with Crippen molar-refractivity contribution in [3.05, 3.63) is 34.9 Å². The molecule has 2 bridgehead atoms. The average Bonchev–Trinajstić information content (AvgIpc) is 2.47. The van der Waals surface area contributed by atoms with Gasteiger partial charge < -0.3 is 5.32 Å². The third-order valence-corrected chi connectivity index (χ3v) is 5.44. The minimum Gasteiger partial charge on any atom is -0.314 e. The summed E-state index contributed by atoms with van der Waals surface area (Å²) in [6, 6.07) is 10.7. The van der Waals surface area contributed by atoms with Crippen molar-refractivity contribution in [2.75, 3.05) is 13.1 Å². The molecule has 2 nitrogen and oxygen atoms in total. The molecule has 2 atom stereocenters. The molecular weight excluding hydrogens is 280 g/mol.